The van der Waals surface area contributed by atoms with E-state index in [1.54, 1.807) is 17.0 Å². The van der Waals surface area contributed by atoms with Crippen LogP contribution in [-0.4, -0.2) is 48.9 Å². The van der Waals surface area contributed by atoms with Crippen molar-refractivity contribution in [3.8, 4) is 5.69 Å². The maximum absolute atomic E-state index is 14.7. The smallest absolute Gasteiger partial charge is 0.259 e. The van der Waals surface area contributed by atoms with Gasteiger partial charge in [-0.25, -0.2) is 14.4 Å². The van der Waals surface area contributed by atoms with Gasteiger partial charge < -0.3 is 4.90 Å². The van der Waals surface area contributed by atoms with Gasteiger partial charge in [-0.1, -0.05) is 23.7 Å². The lowest BCUT2D eigenvalue weighted by Crippen LogP contribution is -2.31. The number of hydrogen-bond donors (Lipinski definition) is 0. The van der Waals surface area contributed by atoms with Crippen LogP contribution in [0.25, 0.3) is 11.3 Å². The van der Waals surface area contributed by atoms with E-state index in [1.807, 2.05) is 13.8 Å². The van der Waals surface area contributed by atoms with Gasteiger partial charge in [0, 0.05) is 13.1 Å². The minimum Gasteiger partial charge on any atom is -0.338 e. The Kier molecular flexibility index (Phi) is 4.81. The van der Waals surface area contributed by atoms with E-state index < -0.39 is 5.82 Å². The summed E-state index contributed by atoms with van der Waals surface area (Å²) in [6.07, 6.45) is 5.92. The van der Waals surface area contributed by atoms with Gasteiger partial charge in [-0.15, -0.1) is 0 Å². The molecule has 2 aromatic heterocycles. The zero-order valence-electron chi connectivity index (χ0n) is 17.1. The average Bonchev–Trinajstić information content (AvgIpc) is 3.47. The van der Waals surface area contributed by atoms with E-state index >= 15 is 0 Å². The molecule has 31 heavy (non-hydrogen) atoms. The zero-order valence-corrected chi connectivity index (χ0v) is 17.8. The van der Waals surface area contributed by atoms with E-state index in [2.05, 4.69) is 26.2 Å². The van der Waals surface area contributed by atoms with Crippen molar-refractivity contribution in [2.75, 3.05) is 13.1 Å². The second kappa shape index (κ2) is 7.53. The topological polar surface area (TPSA) is 76.8 Å². The molecule has 1 saturated heterocycles. The molecule has 5 rings (SSSR count). The molecule has 0 spiro atoms. The number of aromatic nitrogens is 5. The molecule has 1 aromatic carbocycles. The number of likely N-dealkylation sites (tertiary alicyclic amines) is 1. The average molecular weight is 439 g/mol. The Morgan fingerprint density at radius 2 is 1.84 bits per heavy atom. The number of benzene rings is 1. The molecule has 7 nitrogen and oxygen atoms in total. The number of halogens is 2. The van der Waals surface area contributed by atoms with Crippen molar-refractivity contribution >= 4 is 23.1 Å². The van der Waals surface area contributed by atoms with Crippen LogP contribution >= 0.6 is 11.6 Å². The van der Waals surface area contributed by atoms with Crippen molar-refractivity contribution in [2.45, 2.75) is 20.3 Å². The summed E-state index contributed by atoms with van der Waals surface area (Å²) >= 11 is 6.20. The highest BCUT2D eigenvalue weighted by Gasteiger charge is 2.40. The predicted octanol–water partition coefficient (Wildman–Crippen LogP) is 3.64. The number of rotatable bonds is 3. The maximum Gasteiger partial charge on any atom is 0.259 e. The van der Waals surface area contributed by atoms with Gasteiger partial charge in [0.1, 0.15) is 17.1 Å². The number of allylic oxidation sites excluding steroid dienone is 1. The van der Waals surface area contributed by atoms with Crippen LogP contribution in [0, 0.1) is 31.5 Å². The summed E-state index contributed by atoms with van der Waals surface area (Å²) in [6.45, 7) is 4.82. The van der Waals surface area contributed by atoms with Crippen molar-refractivity contribution in [3.63, 3.8) is 0 Å². The number of aryl methyl sites for hydroxylation is 2. The second-order valence-electron chi connectivity index (χ2n) is 8.01. The Labute approximate surface area is 183 Å². The van der Waals surface area contributed by atoms with Crippen molar-refractivity contribution < 1.29 is 9.18 Å². The van der Waals surface area contributed by atoms with Crippen molar-refractivity contribution in [1.29, 1.82) is 0 Å². The summed E-state index contributed by atoms with van der Waals surface area (Å²) in [7, 11) is 0. The van der Waals surface area contributed by atoms with Crippen LogP contribution in [-0.2, 0) is 0 Å². The second-order valence-corrected chi connectivity index (χ2v) is 8.39. The van der Waals surface area contributed by atoms with Crippen LogP contribution in [0.1, 0.15) is 34.0 Å². The molecule has 3 heterocycles. The number of fused-ring (bicyclic) bond motifs is 1. The molecule has 0 N–H and O–H groups in total. The molecule has 2 atom stereocenters. The first kappa shape index (κ1) is 19.8. The molecule has 1 aliphatic heterocycles. The third-order valence-corrected chi connectivity index (χ3v) is 6.53. The summed E-state index contributed by atoms with van der Waals surface area (Å²) in [6, 6.07) is 4.49. The summed E-state index contributed by atoms with van der Waals surface area (Å²) < 4.78 is 14.7. The fraction of sp³-hybridized carbons (Fsp3) is 0.318. The van der Waals surface area contributed by atoms with Crippen LogP contribution in [0.4, 0.5) is 4.39 Å². The fourth-order valence-corrected chi connectivity index (χ4v) is 4.56. The van der Waals surface area contributed by atoms with Crippen LogP contribution in [0.2, 0.25) is 5.02 Å². The van der Waals surface area contributed by atoms with Gasteiger partial charge in [0.15, 0.2) is 5.82 Å². The fourth-order valence-electron chi connectivity index (χ4n) is 4.48. The largest absolute Gasteiger partial charge is 0.338 e. The molecule has 1 fully saturated rings. The Morgan fingerprint density at radius 1 is 1.13 bits per heavy atom. The molecule has 1 aliphatic carbocycles. The van der Waals surface area contributed by atoms with Crippen molar-refractivity contribution in [2.24, 2.45) is 11.8 Å². The molecule has 0 bridgehead atoms. The molecular weight excluding hydrogens is 419 g/mol. The lowest BCUT2D eigenvalue weighted by Gasteiger charge is -2.19. The van der Waals surface area contributed by atoms with E-state index in [-0.39, 0.29) is 23.3 Å². The molecule has 9 heteroatoms. The Hall–Kier alpha value is -3.13. The number of hydrogen-bond acceptors (Lipinski definition) is 5. The number of nitrogens with zero attached hydrogens (tertiary/aromatic N) is 6. The molecule has 3 aromatic rings. The van der Waals surface area contributed by atoms with E-state index in [1.165, 1.54) is 23.3 Å². The molecule has 0 saturated carbocycles. The van der Waals surface area contributed by atoms with Crippen molar-refractivity contribution in [3.05, 3.63) is 70.3 Å². The van der Waals surface area contributed by atoms with Crippen LogP contribution in [0.15, 0.2) is 36.7 Å². The third kappa shape index (κ3) is 3.40. The Bertz CT molecular complexity index is 1190. The van der Waals surface area contributed by atoms with Crippen molar-refractivity contribution in [1.82, 2.24) is 29.9 Å². The molecule has 2 aliphatic rings. The first-order valence-corrected chi connectivity index (χ1v) is 10.5. The van der Waals surface area contributed by atoms with Gasteiger partial charge in [-0.2, -0.15) is 15.0 Å². The van der Waals surface area contributed by atoms with Crippen LogP contribution in [0.3, 0.4) is 0 Å². The summed E-state index contributed by atoms with van der Waals surface area (Å²) in [5.74, 6) is 0.236. The zero-order chi connectivity index (χ0) is 21.7. The number of amides is 1. The maximum atomic E-state index is 14.7. The lowest BCUT2D eigenvalue weighted by atomic mass is 10.00. The first-order valence-electron chi connectivity index (χ1n) is 10.1. The van der Waals surface area contributed by atoms with E-state index in [4.69, 9.17) is 11.6 Å². The minimum absolute atomic E-state index is 0.00448. The van der Waals surface area contributed by atoms with Gasteiger partial charge >= 0.3 is 0 Å². The van der Waals surface area contributed by atoms with Gasteiger partial charge in [0.2, 0.25) is 0 Å². The van der Waals surface area contributed by atoms with E-state index in [0.29, 0.717) is 29.6 Å². The minimum atomic E-state index is -0.575. The highest BCUT2D eigenvalue weighted by molar-refractivity contribution is 6.31. The van der Waals surface area contributed by atoms with Gasteiger partial charge in [0.05, 0.1) is 28.8 Å². The number of carbonyl (C=O) groups excluding carboxylic acids is 1. The lowest BCUT2D eigenvalue weighted by molar-refractivity contribution is 0.0780. The quantitative estimate of drug-likeness (QED) is 0.624. The molecule has 0 radical (unpaired) electrons. The SMILES string of the molecule is Cc1nc(C2=CC3CN(C(=O)c4c(F)cccc4-n4nccn4)CC3C2)nc(C)c1Cl. The van der Waals surface area contributed by atoms with Gasteiger partial charge in [0.25, 0.3) is 5.91 Å². The standard InChI is InChI=1S/C22H20ClFN6O/c1-12-20(23)13(2)28-21(27-12)14-8-15-10-29(11-16(15)9-14)22(31)19-17(24)4-3-5-18(19)30-25-6-7-26-30/h3-8,15-16H,9-11H2,1-2H3. The normalized spacial score (nSPS) is 20.1. The third-order valence-electron chi connectivity index (χ3n) is 5.99. The van der Waals surface area contributed by atoms with Crippen LogP contribution in [0.5, 0.6) is 0 Å². The predicted molar refractivity (Wildman–Crippen MR) is 113 cm³/mol. The Balaban J connectivity index is 1.39. The molecule has 2 unspecified atom stereocenters. The summed E-state index contributed by atoms with van der Waals surface area (Å²) in [5, 5.41) is 8.70. The van der Waals surface area contributed by atoms with E-state index in [9.17, 15) is 9.18 Å². The van der Waals surface area contributed by atoms with E-state index in [0.717, 1.165) is 23.4 Å². The highest BCUT2D eigenvalue weighted by Crippen LogP contribution is 2.41. The highest BCUT2D eigenvalue weighted by atomic mass is 35.5. The number of carbonyl (C=O) groups is 1. The molecule has 1 amide bonds. The summed E-state index contributed by atoms with van der Waals surface area (Å²) in [5.41, 5.74) is 2.94. The molecular formula is C22H20ClFN6O. The van der Waals surface area contributed by atoms with Gasteiger partial charge in [-0.3, -0.25) is 4.79 Å². The van der Waals surface area contributed by atoms with Gasteiger partial charge in [-0.05, 0) is 49.8 Å². The summed E-state index contributed by atoms with van der Waals surface area (Å²) in [4.78, 5) is 25.3. The monoisotopic (exact) mass is 438 g/mol. The van der Waals surface area contributed by atoms with Crippen LogP contribution < -0.4 is 0 Å². The first-order chi connectivity index (χ1) is 14.9. The Morgan fingerprint density at radius 3 is 2.52 bits per heavy atom. The molecule has 158 valence electrons.